The van der Waals surface area contributed by atoms with Crippen molar-refractivity contribution in [1.29, 1.82) is 0 Å². The summed E-state index contributed by atoms with van der Waals surface area (Å²) in [6, 6.07) is 0. The van der Waals surface area contributed by atoms with Crippen molar-refractivity contribution in [3.8, 4) is 0 Å². The number of H-pyrrole nitrogens is 1. The van der Waals surface area contributed by atoms with Crippen LogP contribution in [0.15, 0.2) is 0 Å². The fourth-order valence-corrected chi connectivity index (χ4v) is 3.83. The fourth-order valence-electron chi connectivity index (χ4n) is 3.83. The Morgan fingerprint density at radius 1 is 1.26 bits per heavy atom. The first-order valence-corrected chi connectivity index (χ1v) is 8.81. The smallest absolute Gasteiger partial charge is 0.268 e. The SMILES string of the molecule is Cc1c(C(=O)NC[C@H](C)CN2CCCC2)[nH]c2c1C(=O)CCC2. The van der Waals surface area contributed by atoms with Gasteiger partial charge in [0.15, 0.2) is 5.78 Å². The predicted octanol–water partition coefficient (Wildman–Crippen LogP) is 2.30. The Labute approximate surface area is 137 Å². The monoisotopic (exact) mass is 317 g/mol. The summed E-state index contributed by atoms with van der Waals surface area (Å²) in [7, 11) is 0. The number of Topliss-reactive ketones (excluding diaryl/α,β-unsaturated/α-hetero) is 1. The Kier molecular flexibility index (Phi) is 4.85. The van der Waals surface area contributed by atoms with E-state index in [-0.39, 0.29) is 11.7 Å². The van der Waals surface area contributed by atoms with E-state index in [0.717, 1.165) is 36.2 Å². The fraction of sp³-hybridized carbons (Fsp3) is 0.667. The largest absolute Gasteiger partial charge is 0.354 e. The van der Waals surface area contributed by atoms with Crippen LogP contribution in [0.3, 0.4) is 0 Å². The molecule has 1 atom stereocenters. The van der Waals surface area contributed by atoms with Crippen molar-refractivity contribution >= 4 is 11.7 Å². The zero-order chi connectivity index (χ0) is 16.4. The molecule has 0 radical (unpaired) electrons. The lowest BCUT2D eigenvalue weighted by atomic mass is 9.94. The lowest BCUT2D eigenvalue weighted by Crippen LogP contribution is -2.34. The molecule has 0 bridgehead atoms. The number of nitrogens with zero attached hydrogens (tertiary/aromatic N) is 1. The van der Waals surface area contributed by atoms with Crippen molar-refractivity contribution in [3.63, 3.8) is 0 Å². The van der Waals surface area contributed by atoms with E-state index >= 15 is 0 Å². The number of carbonyl (C=O) groups excluding carboxylic acids is 2. The van der Waals surface area contributed by atoms with Crippen LogP contribution in [0.5, 0.6) is 0 Å². The lowest BCUT2D eigenvalue weighted by Gasteiger charge is -2.20. The summed E-state index contributed by atoms with van der Waals surface area (Å²) in [5.41, 5.74) is 3.08. The van der Waals surface area contributed by atoms with Crippen LogP contribution in [0, 0.1) is 12.8 Å². The summed E-state index contributed by atoms with van der Waals surface area (Å²) in [5.74, 6) is 0.517. The molecule has 1 amide bonds. The van der Waals surface area contributed by atoms with Gasteiger partial charge in [0.1, 0.15) is 5.69 Å². The Hall–Kier alpha value is -1.62. The number of rotatable bonds is 5. The van der Waals surface area contributed by atoms with E-state index in [0.29, 0.717) is 24.6 Å². The maximum Gasteiger partial charge on any atom is 0.268 e. The van der Waals surface area contributed by atoms with E-state index in [1.165, 1.54) is 25.9 Å². The number of amides is 1. The van der Waals surface area contributed by atoms with Crippen LogP contribution in [0.4, 0.5) is 0 Å². The normalized spacial score (nSPS) is 19.7. The second-order valence-corrected chi connectivity index (χ2v) is 7.08. The number of carbonyl (C=O) groups is 2. The second-order valence-electron chi connectivity index (χ2n) is 7.08. The van der Waals surface area contributed by atoms with Crippen LogP contribution in [-0.2, 0) is 6.42 Å². The maximum atomic E-state index is 12.5. The van der Waals surface area contributed by atoms with E-state index in [2.05, 4.69) is 22.1 Å². The third-order valence-electron chi connectivity index (χ3n) is 5.04. The molecule has 3 rings (SSSR count). The highest BCUT2D eigenvalue weighted by molar-refractivity contribution is 6.04. The van der Waals surface area contributed by atoms with Crippen molar-refractivity contribution in [2.24, 2.45) is 5.92 Å². The molecule has 0 aromatic carbocycles. The number of fused-ring (bicyclic) bond motifs is 1. The van der Waals surface area contributed by atoms with E-state index in [1.54, 1.807) is 0 Å². The van der Waals surface area contributed by atoms with Gasteiger partial charge in [-0.3, -0.25) is 9.59 Å². The van der Waals surface area contributed by atoms with Gasteiger partial charge in [0.05, 0.1) is 0 Å². The average Bonchev–Trinajstić information content (AvgIpc) is 3.14. The molecular weight excluding hydrogens is 290 g/mol. The number of likely N-dealkylation sites (tertiary alicyclic amines) is 1. The number of ketones is 1. The molecule has 126 valence electrons. The number of aromatic amines is 1. The summed E-state index contributed by atoms with van der Waals surface area (Å²) in [4.78, 5) is 30.2. The average molecular weight is 317 g/mol. The van der Waals surface area contributed by atoms with Gasteiger partial charge in [0.25, 0.3) is 5.91 Å². The van der Waals surface area contributed by atoms with Crippen LogP contribution in [0.25, 0.3) is 0 Å². The minimum Gasteiger partial charge on any atom is -0.354 e. The minimum atomic E-state index is -0.0852. The molecule has 0 unspecified atom stereocenters. The van der Waals surface area contributed by atoms with Gasteiger partial charge in [0, 0.05) is 30.8 Å². The summed E-state index contributed by atoms with van der Waals surface area (Å²) in [5, 5.41) is 3.03. The Balaban J connectivity index is 1.59. The van der Waals surface area contributed by atoms with Gasteiger partial charge in [-0.25, -0.2) is 0 Å². The van der Waals surface area contributed by atoms with Gasteiger partial charge >= 0.3 is 0 Å². The summed E-state index contributed by atoms with van der Waals surface area (Å²) in [6.07, 6.45) is 4.92. The van der Waals surface area contributed by atoms with Gasteiger partial charge in [-0.2, -0.15) is 0 Å². The van der Waals surface area contributed by atoms with Crippen molar-refractivity contribution in [1.82, 2.24) is 15.2 Å². The second kappa shape index (κ2) is 6.87. The molecule has 1 aliphatic heterocycles. The molecule has 2 N–H and O–H groups in total. The van der Waals surface area contributed by atoms with Crippen molar-refractivity contribution < 1.29 is 9.59 Å². The highest BCUT2D eigenvalue weighted by Crippen LogP contribution is 2.26. The molecular formula is C18H27N3O2. The van der Waals surface area contributed by atoms with Crippen LogP contribution in [-0.4, -0.2) is 47.8 Å². The molecule has 0 spiro atoms. The van der Waals surface area contributed by atoms with Crippen LogP contribution in [0.2, 0.25) is 0 Å². The van der Waals surface area contributed by atoms with Gasteiger partial charge in [-0.1, -0.05) is 6.92 Å². The molecule has 2 aliphatic rings. The molecule has 2 heterocycles. The highest BCUT2D eigenvalue weighted by atomic mass is 16.2. The van der Waals surface area contributed by atoms with Gasteiger partial charge < -0.3 is 15.2 Å². The van der Waals surface area contributed by atoms with Crippen LogP contribution >= 0.6 is 0 Å². The van der Waals surface area contributed by atoms with Crippen molar-refractivity contribution in [3.05, 3.63) is 22.5 Å². The quantitative estimate of drug-likeness (QED) is 0.876. The summed E-state index contributed by atoms with van der Waals surface area (Å²) in [6.45, 7) is 8.13. The molecule has 1 saturated heterocycles. The lowest BCUT2D eigenvalue weighted by molar-refractivity contribution is 0.0939. The summed E-state index contributed by atoms with van der Waals surface area (Å²) >= 11 is 0. The number of nitrogens with one attached hydrogen (secondary N) is 2. The summed E-state index contributed by atoms with van der Waals surface area (Å²) < 4.78 is 0. The van der Waals surface area contributed by atoms with Crippen molar-refractivity contribution in [2.75, 3.05) is 26.2 Å². The van der Waals surface area contributed by atoms with E-state index in [9.17, 15) is 9.59 Å². The molecule has 5 heteroatoms. The first kappa shape index (κ1) is 16.2. The number of aryl methyl sites for hydroxylation is 1. The maximum absolute atomic E-state index is 12.5. The molecule has 1 aromatic heterocycles. The van der Waals surface area contributed by atoms with E-state index < -0.39 is 0 Å². The minimum absolute atomic E-state index is 0.0852. The molecule has 1 aliphatic carbocycles. The first-order chi connectivity index (χ1) is 11.1. The number of hydrogen-bond acceptors (Lipinski definition) is 3. The first-order valence-electron chi connectivity index (χ1n) is 8.81. The Bertz CT molecular complexity index is 600. The third kappa shape index (κ3) is 3.50. The molecule has 0 saturated carbocycles. The Morgan fingerprint density at radius 2 is 2.00 bits per heavy atom. The zero-order valence-electron chi connectivity index (χ0n) is 14.2. The highest BCUT2D eigenvalue weighted by Gasteiger charge is 2.26. The Morgan fingerprint density at radius 3 is 2.70 bits per heavy atom. The molecule has 5 nitrogen and oxygen atoms in total. The van der Waals surface area contributed by atoms with Crippen LogP contribution < -0.4 is 5.32 Å². The third-order valence-corrected chi connectivity index (χ3v) is 5.04. The zero-order valence-corrected chi connectivity index (χ0v) is 14.2. The number of hydrogen-bond donors (Lipinski definition) is 2. The van der Waals surface area contributed by atoms with E-state index in [1.807, 2.05) is 6.92 Å². The molecule has 23 heavy (non-hydrogen) atoms. The van der Waals surface area contributed by atoms with E-state index in [4.69, 9.17) is 0 Å². The van der Waals surface area contributed by atoms with Gasteiger partial charge in [-0.05, 0) is 57.2 Å². The van der Waals surface area contributed by atoms with Crippen LogP contribution in [0.1, 0.15) is 64.7 Å². The number of aromatic nitrogens is 1. The molecule has 1 aromatic rings. The topological polar surface area (TPSA) is 65.2 Å². The van der Waals surface area contributed by atoms with Gasteiger partial charge in [-0.15, -0.1) is 0 Å². The van der Waals surface area contributed by atoms with Crippen molar-refractivity contribution in [2.45, 2.75) is 46.0 Å². The van der Waals surface area contributed by atoms with Gasteiger partial charge in [0.2, 0.25) is 0 Å². The standard InChI is InChI=1S/C18H27N3O2/c1-12(11-21-8-3-4-9-21)10-19-18(23)17-13(2)16-14(20-17)6-5-7-15(16)22/h12,20H,3-11H2,1-2H3,(H,19,23)/t12-/m0/s1. The molecule has 1 fully saturated rings. The predicted molar refractivity (Wildman–Crippen MR) is 90.0 cm³/mol.